The van der Waals surface area contributed by atoms with Crippen molar-refractivity contribution >= 4 is 34.0 Å². The first-order valence-electron chi connectivity index (χ1n) is 13.0. The zero-order valence-electron chi connectivity index (χ0n) is 22.4. The van der Waals surface area contributed by atoms with Crippen LogP contribution in [0.1, 0.15) is 55.9 Å². The molecule has 1 atom stereocenters. The molecule has 1 aromatic carbocycles. The minimum atomic E-state index is -0.656. The lowest BCUT2D eigenvalue weighted by Gasteiger charge is -2.51. The van der Waals surface area contributed by atoms with Crippen molar-refractivity contribution in [2.24, 2.45) is 0 Å². The molecule has 200 valence electrons. The number of aromatic nitrogens is 3. The summed E-state index contributed by atoms with van der Waals surface area (Å²) in [6.45, 7) is 5.62. The number of aromatic amines is 1. The molecule has 0 saturated carbocycles. The molecule has 0 bridgehead atoms. The molecule has 4 heterocycles. The lowest BCUT2D eigenvalue weighted by atomic mass is 9.56. The van der Waals surface area contributed by atoms with Gasteiger partial charge in [0.1, 0.15) is 11.6 Å². The maximum atomic E-state index is 12.8. The van der Waals surface area contributed by atoms with E-state index in [4.69, 9.17) is 25.2 Å². The highest BCUT2D eigenvalue weighted by Gasteiger charge is 2.56. The second-order valence-corrected chi connectivity index (χ2v) is 11.0. The number of fused-ring (bicyclic) bond motifs is 1. The molecule has 4 aromatic rings. The van der Waals surface area contributed by atoms with Crippen molar-refractivity contribution in [1.82, 2.24) is 19.9 Å². The number of anilines is 1. The largest absolute Gasteiger partial charge is 0.493 e. The van der Waals surface area contributed by atoms with Crippen molar-refractivity contribution in [2.45, 2.75) is 50.4 Å². The first kappa shape index (κ1) is 26.0. The number of carbonyl (C=O) groups excluding carboxylic acids is 1. The smallest absolute Gasteiger partial charge is 0.222 e. The number of carbonyl (C=O) groups is 1. The third-order valence-electron chi connectivity index (χ3n) is 8.20. The normalized spacial score (nSPS) is 16.8. The van der Waals surface area contributed by atoms with Crippen molar-refractivity contribution in [1.29, 1.82) is 0 Å². The summed E-state index contributed by atoms with van der Waals surface area (Å²) in [5.74, 6) is 2.41. The summed E-state index contributed by atoms with van der Waals surface area (Å²) in [4.78, 5) is 29.6. The summed E-state index contributed by atoms with van der Waals surface area (Å²) in [7, 11) is 3.21. The molecule has 0 radical (unpaired) electrons. The fraction of sp³-hybridized carbons (Fsp3) is 0.414. The number of nitrogen functional groups attached to an aromatic ring is 1. The number of hydrogen-bond donors (Lipinski definition) is 2. The van der Waals surface area contributed by atoms with Crippen LogP contribution in [0.3, 0.4) is 0 Å². The molecule has 3 N–H and O–H groups in total. The highest BCUT2D eigenvalue weighted by molar-refractivity contribution is 7.10. The highest BCUT2D eigenvalue weighted by Crippen LogP contribution is 2.54. The Balaban J connectivity index is 1.71. The van der Waals surface area contributed by atoms with Crippen molar-refractivity contribution in [2.75, 3.05) is 33.0 Å². The Kier molecular flexibility index (Phi) is 7.05. The lowest BCUT2D eigenvalue weighted by molar-refractivity contribution is -0.133. The summed E-state index contributed by atoms with van der Waals surface area (Å²) in [5.41, 5.74) is 7.30. The molecule has 1 unspecified atom stereocenters. The predicted octanol–water partition coefficient (Wildman–Crippen LogP) is 5.29. The first-order chi connectivity index (χ1) is 18.4. The van der Waals surface area contributed by atoms with E-state index in [1.807, 2.05) is 36.2 Å². The average Bonchev–Trinajstić information content (AvgIpc) is 3.67. The molecule has 1 fully saturated rings. The van der Waals surface area contributed by atoms with Crippen molar-refractivity contribution in [3.63, 3.8) is 0 Å². The van der Waals surface area contributed by atoms with Crippen LogP contribution in [0.25, 0.3) is 10.9 Å². The number of amides is 1. The number of thiophene rings is 1. The standard InChI is InChI=1S/C29H35N5O3S/c1-5-8-25(35)34-14-11-29(12-15-34,24-10-7-16-38-24)28(2,23-9-6-13-31-23)27-32-20-18-22(37-4)21(36-3)17-19(20)26(30)33-27/h6-7,9-10,13,16-18,31H,5,8,11-12,14-15H2,1-4H3,(H2,30,32,33). The first-order valence-corrected chi connectivity index (χ1v) is 13.9. The van der Waals surface area contributed by atoms with Crippen LogP contribution < -0.4 is 15.2 Å². The van der Waals surface area contributed by atoms with E-state index in [9.17, 15) is 4.79 Å². The maximum Gasteiger partial charge on any atom is 0.222 e. The number of likely N-dealkylation sites (tertiary alicyclic amines) is 1. The number of H-pyrrole nitrogens is 1. The van der Waals surface area contributed by atoms with E-state index in [1.165, 1.54) is 4.88 Å². The van der Waals surface area contributed by atoms with Gasteiger partial charge in [-0.1, -0.05) is 13.0 Å². The number of rotatable bonds is 8. The van der Waals surface area contributed by atoms with Gasteiger partial charge in [-0.25, -0.2) is 9.97 Å². The zero-order chi connectivity index (χ0) is 26.9. The minimum Gasteiger partial charge on any atom is -0.493 e. The molecule has 1 amide bonds. The van der Waals surface area contributed by atoms with Gasteiger partial charge in [-0.2, -0.15) is 0 Å². The van der Waals surface area contributed by atoms with E-state index in [0.29, 0.717) is 53.6 Å². The second-order valence-electron chi connectivity index (χ2n) is 10.1. The Morgan fingerprint density at radius 3 is 2.50 bits per heavy atom. The third kappa shape index (κ3) is 4.09. The average molecular weight is 534 g/mol. The van der Waals surface area contributed by atoms with Crippen LogP contribution in [0.2, 0.25) is 0 Å². The van der Waals surface area contributed by atoms with Gasteiger partial charge in [0.05, 0.1) is 25.2 Å². The van der Waals surface area contributed by atoms with Crippen LogP contribution in [0.4, 0.5) is 5.82 Å². The van der Waals surface area contributed by atoms with Crippen LogP contribution in [-0.4, -0.2) is 53.1 Å². The van der Waals surface area contributed by atoms with E-state index in [1.54, 1.807) is 25.6 Å². The van der Waals surface area contributed by atoms with Gasteiger partial charge in [0, 0.05) is 53.1 Å². The molecular weight excluding hydrogens is 498 g/mol. The number of nitrogens with zero attached hydrogens (tertiary/aromatic N) is 3. The number of hydrogen-bond acceptors (Lipinski definition) is 7. The molecule has 0 aliphatic carbocycles. The predicted molar refractivity (Wildman–Crippen MR) is 151 cm³/mol. The Labute approximate surface area is 227 Å². The number of benzene rings is 1. The molecule has 3 aromatic heterocycles. The SMILES string of the molecule is CCCC(=O)N1CCC(c2cccs2)(C(C)(c2nc(N)c3cc(OC)c(OC)cc3n2)c2ccc[nH]2)CC1. The van der Waals surface area contributed by atoms with Crippen LogP contribution >= 0.6 is 11.3 Å². The van der Waals surface area contributed by atoms with E-state index in [2.05, 4.69) is 35.5 Å². The minimum absolute atomic E-state index is 0.223. The van der Waals surface area contributed by atoms with Crippen LogP contribution in [0.15, 0.2) is 48.0 Å². The van der Waals surface area contributed by atoms with Crippen molar-refractivity contribution in [3.8, 4) is 11.5 Å². The summed E-state index contributed by atoms with van der Waals surface area (Å²) in [5, 5.41) is 2.83. The molecule has 1 aliphatic heterocycles. The fourth-order valence-electron chi connectivity index (χ4n) is 5.99. The van der Waals surface area contributed by atoms with E-state index < -0.39 is 5.41 Å². The number of nitrogens with two attached hydrogens (primary N) is 1. The summed E-state index contributed by atoms with van der Waals surface area (Å²) in [6, 6.07) is 12.1. The van der Waals surface area contributed by atoms with E-state index >= 15 is 0 Å². The second kappa shape index (κ2) is 10.3. The van der Waals surface area contributed by atoms with Gasteiger partial charge in [-0.3, -0.25) is 4.79 Å². The number of nitrogens with one attached hydrogen (secondary N) is 1. The van der Waals surface area contributed by atoms with Gasteiger partial charge in [0.25, 0.3) is 0 Å². The van der Waals surface area contributed by atoms with Gasteiger partial charge in [0.2, 0.25) is 5.91 Å². The molecular formula is C29H35N5O3S. The van der Waals surface area contributed by atoms with Crippen molar-refractivity contribution in [3.05, 3.63) is 64.4 Å². The van der Waals surface area contributed by atoms with Gasteiger partial charge in [-0.05, 0) is 55.8 Å². The Morgan fingerprint density at radius 1 is 1.16 bits per heavy atom. The van der Waals surface area contributed by atoms with Crippen LogP contribution in [0.5, 0.6) is 11.5 Å². The summed E-state index contributed by atoms with van der Waals surface area (Å²) < 4.78 is 11.1. The van der Waals surface area contributed by atoms with Crippen LogP contribution in [-0.2, 0) is 15.6 Å². The monoisotopic (exact) mass is 533 g/mol. The van der Waals surface area contributed by atoms with Gasteiger partial charge < -0.3 is 25.1 Å². The zero-order valence-corrected chi connectivity index (χ0v) is 23.2. The Bertz CT molecular complexity index is 1410. The Morgan fingerprint density at radius 2 is 1.89 bits per heavy atom. The molecule has 8 nitrogen and oxygen atoms in total. The molecule has 38 heavy (non-hydrogen) atoms. The molecule has 1 saturated heterocycles. The summed E-state index contributed by atoms with van der Waals surface area (Å²) in [6.07, 6.45) is 4.94. The summed E-state index contributed by atoms with van der Waals surface area (Å²) >= 11 is 1.75. The fourth-order valence-corrected chi connectivity index (χ4v) is 7.08. The Hall–Kier alpha value is -3.59. The van der Waals surface area contributed by atoms with Crippen LogP contribution in [0, 0.1) is 0 Å². The quantitative estimate of drug-likeness (QED) is 0.319. The number of ether oxygens (including phenoxy) is 2. The van der Waals surface area contributed by atoms with Gasteiger partial charge >= 0.3 is 0 Å². The third-order valence-corrected chi connectivity index (χ3v) is 9.27. The molecule has 1 aliphatic rings. The molecule has 5 rings (SSSR count). The number of piperidine rings is 1. The van der Waals surface area contributed by atoms with E-state index in [0.717, 1.165) is 25.0 Å². The molecule has 0 spiro atoms. The van der Waals surface area contributed by atoms with Gasteiger partial charge in [-0.15, -0.1) is 11.3 Å². The van der Waals surface area contributed by atoms with Gasteiger partial charge in [0.15, 0.2) is 11.5 Å². The maximum absolute atomic E-state index is 12.8. The highest BCUT2D eigenvalue weighted by atomic mass is 32.1. The molecule has 9 heteroatoms. The van der Waals surface area contributed by atoms with Crippen molar-refractivity contribution < 1.29 is 14.3 Å². The number of methoxy groups -OCH3 is 2. The van der Waals surface area contributed by atoms with E-state index in [-0.39, 0.29) is 11.3 Å². The topological polar surface area (TPSA) is 106 Å². The lowest BCUT2D eigenvalue weighted by Crippen LogP contribution is -2.55.